The zero-order valence-electron chi connectivity index (χ0n) is 37.2. The average molecular weight is 838 g/mol. The van der Waals surface area contributed by atoms with Crippen molar-refractivity contribution in [2.45, 2.75) is 44.9 Å². The minimum Gasteiger partial charge on any atom is -0.456 e. The fourth-order valence-electron chi connectivity index (χ4n) is 11.8. The summed E-state index contributed by atoms with van der Waals surface area (Å²) >= 11 is 0. The Morgan fingerprint density at radius 2 is 0.954 bits per heavy atom. The smallest absolute Gasteiger partial charge is 0.136 e. The molecule has 2 heteroatoms. The second kappa shape index (κ2) is 16.0. The first kappa shape index (κ1) is 39.2. The molecule has 12 rings (SSSR count). The number of nitrogens with zero attached hydrogens (tertiary/aromatic N) is 1. The Hall–Kier alpha value is -7.42. The summed E-state index contributed by atoms with van der Waals surface area (Å²) in [6, 6.07) is 78.8. The lowest BCUT2D eigenvalue weighted by Crippen LogP contribution is -2.23. The van der Waals surface area contributed by atoms with E-state index in [9.17, 15) is 0 Å². The lowest BCUT2D eigenvalue weighted by Gasteiger charge is -2.34. The van der Waals surface area contributed by atoms with E-state index < -0.39 is 0 Å². The van der Waals surface area contributed by atoms with Crippen molar-refractivity contribution in [3.63, 3.8) is 0 Å². The maximum Gasteiger partial charge on any atom is 0.136 e. The van der Waals surface area contributed by atoms with Crippen LogP contribution in [0.5, 0.6) is 0 Å². The molecule has 0 N–H and O–H groups in total. The van der Waals surface area contributed by atoms with Gasteiger partial charge in [-0.1, -0.05) is 185 Å². The fraction of sp³-hybridized carbons (Fsp3) is 0.143. The van der Waals surface area contributed by atoms with Crippen LogP contribution in [0.1, 0.15) is 67.2 Å². The van der Waals surface area contributed by atoms with Gasteiger partial charge in [0, 0.05) is 33.2 Å². The SMILES string of the molecule is CCC1c2ccccc2C(c2ccc(-c3ccccc3)cc2)C(C)C(C)C1c1ccc2c(c1)c1cc(-c3cccc4cccc5oc6cccc(cc3)c6c45)ccc1n2-c1ccccc1. The van der Waals surface area contributed by atoms with Crippen molar-refractivity contribution in [3.05, 3.63) is 235 Å². The van der Waals surface area contributed by atoms with Crippen LogP contribution in [0.3, 0.4) is 0 Å². The van der Waals surface area contributed by atoms with Crippen molar-refractivity contribution in [1.82, 2.24) is 4.57 Å². The Bertz CT molecular complexity index is 3580. The molecule has 0 fully saturated rings. The second-order valence-electron chi connectivity index (χ2n) is 18.4. The molecule has 5 unspecified atom stereocenters. The van der Waals surface area contributed by atoms with E-state index in [0.717, 1.165) is 39.3 Å². The van der Waals surface area contributed by atoms with Crippen LogP contribution in [0.2, 0.25) is 0 Å². The lowest BCUT2D eigenvalue weighted by atomic mass is 9.70. The normalized spacial score (nSPS) is 18.6. The van der Waals surface area contributed by atoms with E-state index >= 15 is 0 Å². The number of aromatic nitrogens is 1. The molecule has 2 aromatic heterocycles. The van der Waals surface area contributed by atoms with Gasteiger partial charge in [-0.05, 0) is 134 Å². The monoisotopic (exact) mass is 837 g/mol. The Kier molecular flexibility index (Phi) is 9.64. The fourth-order valence-corrected chi connectivity index (χ4v) is 11.8. The van der Waals surface area contributed by atoms with Crippen molar-refractivity contribution in [3.8, 4) is 27.9 Å². The summed E-state index contributed by atoms with van der Waals surface area (Å²) < 4.78 is 8.80. The van der Waals surface area contributed by atoms with Crippen molar-refractivity contribution in [2.75, 3.05) is 0 Å². The van der Waals surface area contributed by atoms with Gasteiger partial charge in [-0.25, -0.2) is 0 Å². The standard InChI is InChI=1S/C63H51NO/c1-4-51-52-24-11-12-25-53(52)60(47-32-29-44(30-33-47)42-16-7-5-8-17-42)40(2)41(3)61(51)49-35-37-57-55(39-49)54-38-48(34-36-56(54)64(57)50-22-9-6-10-23-50)43-18-13-19-45-20-14-26-58-62(45)63-46(31-28-43)21-15-27-59(63)65-58/h5-41,51,60-61H,4H2,1-3H3. The minimum atomic E-state index is 0.295. The third-order valence-electron chi connectivity index (χ3n) is 15.0. The molecule has 2 nitrogen and oxygen atoms in total. The molecule has 0 aliphatic heterocycles. The molecule has 11 aromatic rings. The van der Waals surface area contributed by atoms with Crippen molar-refractivity contribution >= 4 is 54.5 Å². The summed E-state index contributed by atoms with van der Waals surface area (Å²) in [5, 5.41) is 7.21. The van der Waals surface area contributed by atoms with Crippen molar-refractivity contribution in [1.29, 1.82) is 0 Å². The second-order valence-corrected chi connectivity index (χ2v) is 18.4. The molecule has 0 bridgehead atoms. The van der Waals surface area contributed by atoms with E-state index in [0.29, 0.717) is 29.6 Å². The van der Waals surface area contributed by atoms with Gasteiger partial charge in [0.15, 0.2) is 0 Å². The molecular formula is C63H51NO. The topological polar surface area (TPSA) is 18.1 Å². The molecule has 65 heavy (non-hydrogen) atoms. The maximum absolute atomic E-state index is 6.35. The first-order valence-electron chi connectivity index (χ1n) is 23.4. The number of furan rings is 1. The third-order valence-corrected chi connectivity index (χ3v) is 15.0. The van der Waals surface area contributed by atoms with Crippen LogP contribution >= 0.6 is 0 Å². The maximum atomic E-state index is 6.35. The van der Waals surface area contributed by atoms with Crippen molar-refractivity contribution in [2.24, 2.45) is 11.8 Å². The number of rotatable bonds is 6. The Morgan fingerprint density at radius 3 is 1.66 bits per heavy atom. The van der Waals surface area contributed by atoms with Gasteiger partial charge in [-0.2, -0.15) is 0 Å². The predicted molar refractivity (Wildman–Crippen MR) is 274 cm³/mol. The van der Waals surface area contributed by atoms with Crippen LogP contribution in [0, 0.1) is 11.8 Å². The van der Waals surface area contributed by atoms with Gasteiger partial charge in [0.25, 0.3) is 0 Å². The molecule has 2 heterocycles. The van der Waals surface area contributed by atoms with Gasteiger partial charge in [-0.15, -0.1) is 0 Å². The van der Waals surface area contributed by atoms with Gasteiger partial charge < -0.3 is 8.98 Å². The van der Waals surface area contributed by atoms with Crippen LogP contribution < -0.4 is 0 Å². The highest BCUT2D eigenvalue weighted by molar-refractivity contribution is 6.20. The summed E-state index contributed by atoms with van der Waals surface area (Å²) in [6.07, 6.45) is 1.07. The van der Waals surface area contributed by atoms with Crippen LogP contribution in [0.25, 0.3) is 82.5 Å². The van der Waals surface area contributed by atoms with E-state index in [-0.39, 0.29) is 0 Å². The molecule has 9 aromatic carbocycles. The van der Waals surface area contributed by atoms with Crippen LogP contribution in [0.15, 0.2) is 217 Å². The van der Waals surface area contributed by atoms with E-state index in [2.05, 4.69) is 238 Å². The molecular weight excluding hydrogens is 787 g/mol. The van der Waals surface area contributed by atoms with Gasteiger partial charge in [0.2, 0.25) is 0 Å². The van der Waals surface area contributed by atoms with E-state index in [1.54, 1.807) is 0 Å². The third kappa shape index (κ3) is 6.54. The highest BCUT2D eigenvalue weighted by atomic mass is 16.3. The van der Waals surface area contributed by atoms with E-state index in [1.165, 1.54) is 71.8 Å². The Morgan fingerprint density at radius 1 is 0.431 bits per heavy atom. The van der Waals surface area contributed by atoms with Gasteiger partial charge in [0.05, 0.1) is 11.0 Å². The van der Waals surface area contributed by atoms with Crippen LogP contribution in [-0.2, 0) is 0 Å². The number of para-hydroxylation sites is 1. The summed E-state index contributed by atoms with van der Waals surface area (Å²) in [4.78, 5) is 0. The molecule has 0 saturated heterocycles. The van der Waals surface area contributed by atoms with E-state index in [4.69, 9.17) is 4.42 Å². The van der Waals surface area contributed by atoms with Gasteiger partial charge in [0.1, 0.15) is 11.2 Å². The summed E-state index contributed by atoms with van der Waals surface area (Å²) in [7, 11) is 0. The molecule has 0 spiro atoms. The zero-order chi connectivity index (χ0) is 43.6. The molecule has 314 valence electrons. The van der Waals surface area contributed by atoms with Crippen molar-refractivity contribution < 1.29 is 4.42 Å². The Labute approximate surface area is 381 Å². The van der Waals surface area contributed by atoms with Crippen LogP contribution in [0.4, 0.5) is 0 Å². The number of benzene rings is 8. The molecule has 1 aliphatic carbocycles. The first-order valence-corrected chi connectivity index (χ1v) is 23.4. The number of hydrogen-bond donors (Lipinski definition) is 0. The summed E-state index contributed by atoms with van der Waals surface area (Å²) in [5.74, 6) is 1.83. The zero-order valence-corrected chi connectivity index (χ0v) is 37.2. The molecule has 0 saturated carbocycles. The molecule has 1 aliphatic rings. The lowest BCUT2D eigenvalue weighted by molar-refractivity contribution is 0.283. The van der Waals surface area contributed by atoms with Gasteiger partial charge in [-0.3, -0.25) is 0 Å². The number of fused-ring (bicyclic) bond motifs is 4. The highest BCUT2D eigenvalue weighted by Crippen LogP contribution is 2.54. The van der Waals surface area contributed by atoms with Crippen LogP contribution in [-0.4, -0.2) is 4.57 Å². The Balaban J connectivity index is 1.02. The summed E-state index contributed by atoms with van der Waals surface area (Å²) in [5.41, 5.74) is 16.1. The molecule has 0 amide bonds. The molecule has 5 atom stereocenters. The quantitative estimate of drug-likeness (QED) is 0.153. The van der Waals surface area contributed by atoms with E-state index in [1.807, 2.05) is 0 Å². The number of hydrogen-bond acceptors (Lipinski definition) is 1. The highest BCUT2D eigenvalue weighted by Gasteiger charge is 2.41. The average Bonchev–Trinajstić information content (AvgIpc) is 3.88. The van der Waals surface area contributed by atoms with Gasteiger partial charge >= 0.3 is 0 Å². The summed E-state index contributed by atoms with van der Waals surface area (Å²) in [6.45, 7) is 7.44. The largest absolute Gasteiger partial charge is 0.456 e. The predicted octanol–water partition coefficient (Wildman–Crippen LogP) is 17.4. The first-order chi connectivity index (χ1) is 32.0. The minimum absolute atomic E-state index is 0.295. The molecule has 0 radical (unpaired) electrons.